The molecule has 0 aliphatic rings. The fourth-order valence-electron chi connectivity index (χ4n) is 2.35. The fraction of sp³-hybridized carbons (Fsp3) is 0.312. The van der Waals surface area contributed by atoms with E-state index in [1.807, 2.05) is 14.1 Å². The summed E-state index contributed by atoms with van der Waals surface area (Å²) in [6, 6.07) is 6.92. The molecule has 0 bridgehead atoms. The summed E-state index contributed by atoms with van der Waals surface area (Å²) in [6.45, 7) is 0.382. The summed E-state index contributed by atoms with van der Waals surface area (Å²) in [6.07, 6.45) is 1.66. The molecule has 0 saturated heterocycles. The highest BCUT2D eigenvalue weighted by Crippen LogP contribution is 2.21. The van der Waals surface area contributed by atoms with Gasteiger partial charge < -0.3 is 10.6 Å². The van der Waals surface area contributed by atoms with Crippen LogP contribution in [0.3, 0.4) is 0 Å². The lowest BCUT2D eigenvalue weighted by atomic mass is 10.0. The number of hydrogen-bond donors (Lipinski definition) is 1. The van der Waals surface area contributed by atoms with Gasteiger partial charge in [-0.1, -0.05) is 12.1 Å². The number of halogens is 1. The van der Waals surface area contributed by atoms with Gasteiger partial charge in [-0.25, -0.2) is 14.4 Å². The minimum absolute atomic E-state index is 0.382. The minimum Gasteiger partial charge on any atom is -0.368 e. The Balaban J connectivity index is 2.24. The maximum Gasteiger partial charge on any atom is 0.239 e. The van der Waals surface area contributed by atoms with Crippen LogP contribution in [0.4, 0.5) is 10.3 Å². The molecule has 2 rings (SSSR count). The van der Waals surface area contributed by atoms with Crippen molar-refractivity contribution in [2.24, 2.45) is 5.73 Å². The monoisotopic (exact) mass is 317 g/mol. The standard InChI is InChI=1S/C16H20FN5O/c1-21(2)16-19-8-7-13(20-16)10-22(3)14(15(18)23)11-5-4-6-12(17)9-11/h4-9,14H,10H2,1-3H3,(H2,18,23)/t14-/m0/s1. The van der Waals surface area contributed by atoms with E-state index in [2.05, 4.69) is 9.97 Å². The predicted molar refractivity (Wildman–Crippen MR) is 86.2 cm³/mol. The Morgan fingerprint density at radius 1 is 1.30 bits per heavy atom. The van der Waals surface area contributed by atoms with Crippen molar-refractivity contribution in [1.29, 1.82) is 0 Å². The molecule has 122 valence electrons. The van der Waals surface area contributed by atoms with Crippen LogP contribution in [0.15, 0.2) is 36.5 Å². The van der Waals surface area contributed by atoms with E-state index >= 15 is 0 Å². The smallest absolute Gasteiger partial charge is 0.239 e. The number of benzene rings is 1. The Morgan fingerprint density at radius 2 is 2.04 bits per heavy atom. The average molecular weight is 317 g/mol. The molecule has 6 nitrogen and oxygen atoms in total. The van der Waals surface area contributed by atoms with Crippen LogP contribution in [0.5, 0.6) is 0 Å². The molecule has 0 fully saturated rings. The van der Waals surface area contributed by atoms with E-state index in [9.17, 15) is 9.18 Å². The lowest BCUT2D eigenvalue weighted by Gasteiger charge is -2.25. The zero-order chi connectivity index (χ0) is 17.0. The zero-order valence-corrected chi connectivity index (χ0v) is 13.4. The molecule has 0 aliphatic heterocycles. The molecule has 1 atom stereocenters. The first-order chi connectivity index (χ1) is 10.9. The first-order valence-corrected chi connectivity index (χ1v) is 7.12. The lowest BCUT2D eigenvalue weighted by Crippen LogP contribution is -2.35. The third-order valence-electron chi connectivity index (χ3n) is 3.39. The second kappa shape index (κ2) is 7.15. The SMILES string of the molecule is CN(C)c1nccc(CN(C)[C@H](C(N)=O)c2cccc(F)c2)n1. The van der Waals surface area contributed by atoms with Crippen molar-refractivity contribution in [2.75, 3.05) is 26.0 Å². The Hall–Kier alpha value is -2.54. The highest BCUT2D eigenvalue weighted by atomic mass is 19.1. The van der Waals surface area contributed by atoms with Gasteiger partial charge in [-0.05, 0) is 30.8 Å². The summed E-state index contributed by atoms with van der Waals surface area (Å²) < 4.78 is 13.4. The van der Waals surface area contributed by atoms with E-state index in [0.29, 0.717) is 18.1 Å². The second-order valence-corrected chi connectivity index (χ2v) is 5.52. The van der Waals surface area contributed by atoms with Crippen molar-refractivity contribution in [1.82, 2.24) is 14.9 Å². The van der Waals surface area contributed by atoms with Gasteiger partial charge in [0.2, 0.25) is 11.9 Å². The molecule has 1 amide bonds. The molecular weight excluding hydrogens is 297 g/mol. The van der Waals surface area contributed by atoms with Crippen LogP contribution in [-0.4, -0.2) is 41.9 Å². The molecule has 0 aliphatic carbocycles. The molecule has 2 N–H and O–H groups in total. The van der Waals surface area contributed by atoms with Gasteiger partial charge in [0.1, 0.15) is 11.9 Å². The van der Waals surface area contributed by atoms with Crippen LogP contribution in [0.25, 0.3) is 0 Å². The van der Waals surface area contributed by atoms with Gasteiger partial charge in [-0.15, -0.1) is 0 Å². The van der Waals surface area contributed by atoms with Crippen molar-refractivity contribution in [3.63, 3.8) is 0 Å². The third-order valence-corrected chi connectivity index (χ3v) is 3.39. The van der Waals surface area contributed by atoms with Crippen LogP contribution < -0.4 is 10.6 Å². The van der Waals surface area contributed by atoms with Crippen molar-refractivity contribution in [2.45, 2.75) is 12.6 Å². The van der Waals surface area contributed by atoms with Gasteiger partial charge >= 0.3 is 0 Å². The van der Waals surface area contributed by atoms with Crippen LogP contribution in [-0.2, 0) is 11.3 Å². The molecular formula is C16H20FN5O. The van der Waals surface area contributed by atoms with Gasteiger partial charge in [0, 0.05) is 26.8 Å². The van der Waals surface area contributed by atoms with E-state index in [0.717, 1.165) is 5.69 Å². The van der Waals surface area contributed by atoms with Crippen molar-refractivity contribution >= 4 is 11.9 Å². The predicted octanol–water partition coefficient (Wildman–Crippen LogP) is 1.34. The number of carbonyl (C=O) groups is 1. The molecule has 0 spiro atoms. The molecule has 1 aromatic heterocycles. The van der Waals surface area contributed by atoms with Crippen molar-refractivity contribution in [3.8, 4) is 0 Å². The van der Waals surface area contributed by atoms with E-state index in [1.165, 1.54) is 12.1 Å². The summed E-state index contributed by atoms with van der Waals surface area (Å²) in [5, 5.41) is 0. The number of aromatic nitrogens is 2. The Morgan fingerprint density at radius 3 is 2.65 bits per heavy atom. The molecule has 0 unspecified atom stereocenters. The summed E-state index contributed by atoms with van der Waals surface area (Å²) in [4.78, 5) is 23.9. The second-order valence-electron chi connectivity index (χ2n) is 5.52. The first-order valence-electron chi connectivity index (χ1n) is 7.12. The topological polar surface area (TPSA) is 75.3 Å². The van der Waals surface area contributed by atoms with Gasteiger partial charge in [-0.2, -0.15) is 0 Å². The highest BCUT2D eigenvalue weighted by Gasteiger charge is 2.23. The summed E-state index contributed by atoms with van der Waals surface area (Å²) in [5.41, 5.74) is 6.77. The number of hydrogen-bond acceptors (Lipinski definition) is 5. The van der Waals surface area contributed by atoms with Crippen LogP contribution in [0, 0.1) is 5.82 Å². The molecule has 2 aromatic rings. The molecule has 1 aromatic carbocycles. The maximum absolute atomic E-state index is 13.4. The number of carbonyl (C=O) groups excluding carboxylic acids is 1. The number of likely N-dealkylation sites (N-methyl/N-ethyl adjacent to an activating group) is 1. The number of nitrogens with zero attached hydrogens (tertiary/aromatic N) is 4. The fourth-order valence-corrected chi connectivity index (χ4v) is 2.35. The molecule has 7 heteroatoms. The van der Waals surface area contributed by atoms with E-state index in [-0.39, 0.29) is 0 Å². The third kappa shape index (κ3) is 4.23. The maximum atomic E-state index is 13.4. The van der Waals surface area contributed by atoms with Gasteiger partial charge in [0.25, 0.3) is 0 Å². The number of rotatable bonds is 6. The Bertz CT molecular complexity index is 692. The largest absolute Gasteiger partial charge is 0.368 e. The Kier molecular flexibility index (Phi) is 5.23. The lowest BCUT2D eigenvalue weighted by molar-refractivity contribution is -0.123. The van der Waals surface area contributed by atoms with Gasteiger partial charge in [-0.3, -0.25) is 9.69 Å². The quantitative estimate of drug-likeness (QED) is 0.870. The molecule has 23 heavy (non-hydrogen) atoms. The number of amides is 1. The van der Waals surface area contributed by atoms with Crippen LogP contribution >= 0.6 is 0 Å². The number of nitrogens with two attached hydrogens (primary N) is 1. The van der Waals surface area contributed by atoms with Gasteiger partial charge in [0.15, 0.2) is 0 Å². The first kappa shape index (κ1) is 16.8. The number of anilines is 1. The summed E-state index contributed by atoms with van der Waals surface area (Å²) in [5.74, 6) is -0.364. The normalized spacial score (nSPS) is 12.2. The van der Waals surface area contributed by atoms with Crippen LogP contribution in [0.1, 0.15) is 17.3 Å². The highest BCUT2D eigenvalue weighted by molar-refractivity contribution is 5.81. The Labute approximate surface area is 134 Å². The summed E-state index contributed by atoms with van der Waals surface area (Å²) in [7, 11) is 5.45. The van der Waals surface area contributed by atoms with E-state index in [1.54, 1.807) is 41.2 Å². The zero-order valence-electron chi connectivity index (χ0n) is 13.4. The van der Waals surface area contributed by atoms with Crippen molar-refractivity contribution in [3.05, 3.63) is 53.6 Å². The van der Waals surface area contributed by atoms with E-state index < -0.39 is 17.8 Å². The molecule has 1 heterocycles. The van der Waals surface area contributed by atoms with Crippen LogP contribution in [0.2, 0.25) is 0 Å². The van der Waals surface area contributed by atoms with Gasteiger partial charge in [0.05, 0.1) is 5.69 Å². The minimum atomic E-state index is -0.733. The van der Waals surface area contributed by atoms with E-state index in [4.69, 9.17) is 5.73 Å². The summed E-state index contributed by atoms with van der Waals surface area (Å²) >= 11 is 0. The molecule has 0 saturated carbocycles. The number of primary amides is 1. The molecule has 0 radical (unpaired) electrons. The van der Waals surface area contributed by atoms with Crippen molar-refractivity contribution < 1.29 is 9.18 Å². The average Bonchev–Trinajstić information content (AvgIpc) is 2.47.